The summed E-state index contributed by atoms with van der Waals surface area (Å²) in [6, 6.07) is 14.1. The fourth-order valence-corrected chi connectivity index (χ4v) is 3.76. The monoisotopic (exact) mass is 548 g/mol. The highest BCUT2D eigenvalue weighted by Crippen LogP contribution is 2.11. The Morgan fingerprint density at radius 1 is 0.900 bits per heavy atom. The molecule has 2 rings (SSSR count). The molecule has 5 amide bonds. The molecule has 0 bridgehead atoms. The molecule has 0 heterocycles. The van der Waals surface area contributed by atoms with E-state index in [0.717, 1.165) is 11.1 Å². The van der Waals surface area contributed by atoms with E-state index in [4.69, 9.17) is 0 Å². The van der Waals surface area contributed by atoms with Crippen LogP contribution < -0.4 is 26.6 Å². The van der Waals surface area contributed by atoms with Crippen molar-refractivity contribution in [1.29, 1.82) is 5.26 Å². The Bertz CT molecular complexity index is 1260. The zero-order valence-electron chi connectivity index (χ0n) is 23.2. The van der Waals surface area contributed by atoms with Crippen molar-refractivity contribution in [3.05, 3.63) is 70.8 Å². The Balaban J connectivity index is 1.96. The number of hydrogen-bond acceptors (Lipinski definition) is 6. The Labute approximate surface area is 234 Å². The van der Waals surface area contributed by atoms with E-state index >= 15 is 0 Å². The lowest BCUT2D eigenvalue weighted by Gasteiger charge is -2.22. The topological polar surface area (TPSA) is 169 Å². The van der Waals surface area contributed by atoms with E-state index in [9.17, 15) is 29.2 Å². The third kappa shape index (κ3) is 9.87. The minimum Gasteiger partial charge on any atom is -0.358 e. The number of aryl methyl sites for hydroxylation is 1. The first kappa shape index (κ1) is 31.5. The van der Waals surface area contributed by atoms with E-state index in [1.807, 2.05) is 36.4 Å². The molecule has 0 aliphatic carbocycles. The van der Waals surface area contributed by atoms with E-state index in [1.54, 1.807) is 32.9 Å². The number of nitrogens with zero attached hydrogens (tertiary/aromatic N) is 1. The van der Waals surface area contributed by atoms with Gasteiger partial charge in [-0.05, 0) is 36.1 Å². The Hall–Kier alpha value is -4.72. The van der Waals surface area contributed by atoms with Crippen LogP contribution >= 0.6 is 0 Å². The summed E-state index contributed by atoms with van der Waals surface area (Å²) in [5, 5.41) is 22.2. The van der Waals surface area contributed by atoms with Gasteiger partial charge in [-0.2, -0.15) is 5.26 Å². The predicted molar refractivity (Wildman–Crippen MR) is 149 cm³/mol. The normalized spacial score (nSPS) is 11.9. The molecule has 2 aromatic rings. The van der Waals surface area contributed by atoms with Gasteiger partial charge in [0.2, 0.25) is 23.6 Å². The van der Waals surface area contributed by atoms with Crippen molar-refractivity contribution >= 4 is 29.5 Å². The smallest absolute Gasteiger partial charge is 0.251 e. The molecule has 0 aliphatic rings. The third-order valence-electron chi connectivity index (χ3n) is 6.14. The van der Waals surface area contributed by atoms with Crippen molar-refractivity contribution in [1.82, 2.24) is 26.6 Å². The summed E-state index contributed by atoms with van der Waals surface area (Å²) >= 11 is 0. The maximum absolute atomic E-state index is 12.8. The van der Waals surface area contributed by atoms with Crippen molar-refractivity contribution < 1.29 is 24.0 Å². The Morgan fingerprint density at radius 3 is 2.23 bits per heavy atom. The van der Waals surface area contributed by atoms with E-state index < -0.39 is 35.7 Å². The number of likely N-dealkylation sites (N-methyl/N-ethyl adjacent to an activating group) is 1. The van der Waals surface area contributed by atoms with Crippen molar-refractivity contribution in [2.45, 2.75) is 45.7 Å². The van der Waals surface area contributed by atoms with E-state index in [-0.39, 0.29) is 43.3 Å². The molecule has 11 heteroatoms. The van der Waals surface area contributed by atoms with Gasteiger partial charge in [0.05, 0.1) is 18.2 Å². The molecule has 0 spiro atoms. The lowest BCUT2D eigenvalue weighted by molar-refractivity contribution is -0.130. The second-order valence-electron chi connectivity index (χ2n) is 9.58. The van der Waals surface area contributed by atoms with Crippen LogP contribution in [0.25, 0.3) is 0 Å². The van der Waals surface area contributed by atoms with Gasteiger partial charge in [0, 0.05) is 32.0 Å². The van der Waals surface area contributed by atoms with Crippen LogP contribution in [0.2, 0.25) is 0 Å². The molecule has 40 heavy (non-hydrogen) atoms. The van der Waals surface area contributed by atoms with Gasteiger partial charge in [-0.1, -0.05) is 50.2 Å². The first-order valence-corrected chi connectivity index (χ1v) is 13.0. The van der Waals surface area contributed by atoms with Crippen LogP contribution in [-0.2, 0) is 25.6 Å². The second-order valence-corrected chi connectivity index (χ2v) is 9.58. The zero-order valence-corrected chi connectivity index (χ0v) is 23.2. The molecule has 0 aliphatic heterocycles. The summed E-state index contributed by atoms with van der Waals surface area (Å²) in [6.45, 7) is 5.07. The number of benzene rings is 2. The molecule has 0 saturated heterocycles. The molecule has 212 valence electrons. The lowest BCUT2D eigenvalue weighted by Crippen LogP contribution is -2.51. The first-order valence-electron chi connectivity index (χ1n) is 13.0. The highest BCUT2D eigenvalue weighted by Gasteiger charge is 2.26. The van der Waals surface area contributed by atoms with Crippen LogP contribution in [0, 0.1) is 24.2 Å². The molecular formula is C29H36N6O5. The summed E-state index contributed by atoms with van der Waals surface area (Å²) in [6.07, 6.45) is 0.106. The number of nitrogens with one attached hydrogen (secondary N) is 5. The molecule has 0 saturated carbocycles. The van der Waals surface area contributed by atoms with Crippen LogP contribution in [0.15, 0.2) is 48.5 Å². The van der Waals surface area contributed by atoms with Crippen molar-refractivity contribution in [2.24, 2.45) is 5.92 Å². The second kappa shape index (κ2) is 15.6. The van der Waals surface area contributed by atoms with Crippen LogP contribution in [-0.4, -0.2) is 61.8 Å². The summed E-state index contributed by atoms with van der Waals surface area (Å²) in [5.74, 6) is -2.56. The summed E-state index contributed by atoms with van der Waals surface area (Å²) in [7, 11) is 1.45. The Morgan fingerprint density at radius 2 is 1.60 bits per heavy atom. The van der Waals surface area contributed by atoms with E-state index in [1.165, 1.54) is 13.1 Å². The molecular weight excluding hydrogens is 512 g/mol. The lowest BCUT2D eigenvalue weighted by atomic mass is 10.0. The molecule has 0 aromatic heterocycles. The Kier molecular flexibility index (Phi) is 12.3. The largest absolute Gasteiger partial charge is 0.358 e. The number of carbonyl (C=O) groups excluding carboxylic acids is 5. The fraction of sp³-hybridized carbons (Fsp3) is 0.379. The quantitative estimate of drug-likeness (QED) is 0.247. The molecule has 0 fully saturated rings. The highest BCUT2D eigenvalue weighted by atomic mass is 16.2. The first-order chi connectivity index (χ1) is 19.0. The number of carbonyl (C=O) groups is 5. The fourth-order valence-electron chi connectivity index (χ4n) is 3.76. The molecule has 2 atom stereocenters. The van der Waals surface area contributed by atoms with Gasteiger partial charge in [0.15, 0.2) is 0 Å². The number of rotatable bonds is 13. The van der Waals surface area contributed by atoms with Crippen molar-refractivity contribution in [3.63, 3.8) is 0 Å². The predicted octanol–water partition coefficient (Wildman–Crippen LogP) is 0.717. The van der Waals surface area contributed by atoms with Gasteiger partial charge in [-0.25, -0.2) is 0 Å². The molecule has 0 radical (unpaired) electrons. The van der Waals surface area contributed by atoms with E-state index in [0.29, 0.717) is 5.56 Å². The van der Waals surface area contributed by atoms with Crippen LogP contribution in [0.4, 0.5) is 0 Å². The van der Waals surface area contributed by atoms with Crippen molar-refractivity contribution in [2.75, 3.05) is 20.1 Å². The SMILES string of the molecule is CNC(=O)CNC(=O)[C@H](Cc1ccccc1)NC(=O)CCNC(=O)[C@@H](NC(=O)c1ccc(C)c(C#N)c1)C(C)C. The standard InChI is InChI=1S/C29H36N6O5/c1-18(2)26(35-27(38)21-11-10-19(3)22(15-21)16-30)29(40)32-13-12-24(36)34-23(14-20-8-6-5-7-9-20)28(39)33-17-25(37)31-4/h5-11,15,18,23,26H,12-14,17H2,1-4H3,(H,31,37)(H,32,40)(H,33,39)(H,34,36)(H,35,38)/t23-,26-/m0/s1. The molecule has 0 unspecified atom stereocenters. The average Bonchev–Trinajstić information content (AvgIpc) is 2.94. The van der Waals surface area contributed by atoms with Gasteiger partial charge in [0.25, 0.3) is 5.91 Å². The molecule has 2 aromatic carbocycles. The van der Waals surface area contributed by atoms with Gasteiger partial charge in [-0.15, -0.1) is 0 Å². The molecule has 5 N–H and O–H groups in total. The number of nitriles is 1. The maximum atomic E-state index is 12.8. The van der Waals surface area contributed by atoms with Gasteiger partial charge >= 0.3 is 0 Å². The average molecular weight is 549 g/mol. The van der Waals surface area contributed by atoms with Crippen molar-refractivity contribution in [3.8, 4) is 6.07 Å². The zero-order chi connectivity index (χ0) is 29.7. The van der Waals surface area contributed by atoms with E-state index in [2.05, 4.69) is 26.6 Å². The van der Waals surface area contributed by atoms with Gasteiger partial charge in [0.1, 0.15) is 12.1 Å². The highest BCUT2D eigenvalue weighted by molar-refractivity contribution is 5.98. The van der Waals surface area contributed by atoms with Crippen LogP contribution in [0.1, 0.15) is 47.3 Å². The summed E-state index contributed by atoms with van der Waals surface area (Å²) < 4.78 is 0. The minimum absolute atomic E-state index is 0.0230. The van der Waals surface area contributed by atoms with Gasteiger partial charge in [-0.3, -0.25) is 24.0 Å². The summed E-state index contributed by atoms with van der Waals surface area (Å²) in [4.78, 5) is 62.5. The minimum atomic E-state index is -0.925. The molecule has 11 nitrogen and oxygen atoms in total. The van der Waals surface area contributed by atoms with Gasteiger partial charge < -0.3 is 26.6 Å². The maximum Gasteiger partial charge on any atom is 0.251 e. The summed E-state index contributed by atoms with van der Waals surface area (Å²) in [5.41, 5.74) is 2.20. The number of amides is 5. The van der Waals surface area contributed by atoms with Crippen LogP contribution in [0.5, 0.6) is 0 Å². The third-order valence-corrected chi connectivity index (χ3v) is 6.14. The van der Waals surface area contributed by atoms with Crippen LogP contribution in [0.3, 0.4) is 0 Å². The number of hydrogen-bond donors (Lipinski definition) is 5.